The van der Waals surface area contributed by atoms with Gasteiger partial charge in [0.25, 0.3) is 5.22 Å². The summed E-state index contributed by atoms with van der Waals surface area (Å²) in [7, 11) is 0. The standard InChI is InChI=1S/C14H11N5OS3/c1-7-3-10-12(22-7)15-6-16-13(10)23-14-19-18-11(20-14)4-9-5-21-8(2)17-9/h3,5-6H,4H2,1-2H3. The van der Waals surface area contributed by atoms with E-state index in [9.17, 15) is 0 Å². The van der Waals surface area contributed by atoms with Gasteiger partial charge in [-0.3, -0.25) is 0 Å². The average Bonchev–Trinajstić information content (AvgIpc) is 3.20. The van der Waals surface area contributed by atoms with E-state index in [1.54, 1.807) is 29.0 Å². The van der Waals surface area contributed by atoms with Crippen LogP contribution in [0.3, 0.4) is 0 Å². The lowest BCUT2D eigenvalue weighted by atomic mass is 10.3. The van der Waals surface area contributed by atoms with Crippen molar-refractivity contribution in [2.24, 2.45) is 0 Å². The molecule has 6 nitrogen and oxygen atoms in total. The largest absolute Gasteiger partial charge is 0.415 e. The highest BCUT2D eigenvalue weighted by Gasteiger charge is 2.14. The lowest BCUT2D eigenvalue weighted by Crippen LogP contribution is -1.88. The van der Waals surface area contributed by atoms with Gasteiger partial charge in [-0.05, 0) is 31.7 Å². The number of nitrogens with zero attached hydrogens (tertiary/aromatic N) is 5. The predicted octanol–water partition coefficient (Wildman–Crippen LogP) is 3.89. The molecular formula is C14H11N5OS3. The molecule has 0 spiro atoms. The van der Waals surface area contributed by atoms with Crippen molar-refractivity contribution in [3.8, 4) is 0 Å². The van der Waals surface area contributed by atoms with E-state index in [0.29, 0.717) is 17.5 Å². The lowest BCUT2D eigenvalue weighted by Gasteiger charge is -1.96. The first kappa shape index (κ1) is 14.7. The summed E-state index contributed by atoms with van der Waals surface area (Å²) in [6.07, 6.45) is 2.12. The zero-order valence-electron chi connectivity index (χ0n) is 12.3. The molecule has 0 bridgehead atoms. The van der Waals surface area contributed by atoms with Crippen molar-refractivity contribution < 1.29 is 4.42 Å². The maximum atomic E-state index is 5.70. The quantitative estimate of drug-likeness (QED) is 0.510. The molecule has 0 aromatic carbocycles. The minimum Gasteiger partial charge on any atom is -0.415 e. The van der Waals surface area contributed by atoms with Crippen molar-refractivity contribution >= 4 is 44.7 Å². The smallest absolute Gasteiger partial charge is 0.282 e. The highest BCUT2D eigenvalue weighted by molar-refractivity contribution is 7.99. The topological polar surface area (TPSA) is 77.6 Å². The second-order valence-electron chi connectivity index (χ2n) is 4.85. The van der Waals surface area contributed by atoms with Gasteiger partial charge < -0.3 is 4.42 Å². The number of thiophene rings is 1. The summed E-state index contributed by atoms with van der Waals surface area (Å²) in [5.41, 5.74) is 0.950. The third kappa shape index (κ3) is 3.12. The van der Waals surface area contributed by atoms with Crippen LogP contribution in [0.2, 0.25) is 0 Å². The molecule has 4 aromatic heterocycles. The van der Waals surface area contributed by atoms with E-state index in [0.717, 1.165) is 25.9 Å². The van der Waals surface area contributed by atoms with Crippen LogP contribution in [-0.2, 0) is 6.42 Å². The molecule has 0 amide bonds. The number of rotatable bonds is 4. The SMILES string of the molecule is Cc1cc2c(Sc3nnc(Cc4csc(C)n4)o3)ncnc2s1. The van der Waals surface area contributed by atoms with Gasteiger partial charge in [-0.1, -0.05) is 0 Å². The Kier molecular flexibility index (Phi) is 3.83. The molecule has 0 fully saturated rings. The monoisotopic (exact) mass is 361 g/mol. The Balaban J connectivity index is 1.57. The Morgan fingerprint density at radius 2 is 2.13 bits per heavy atom. The Bertz CT molecular complexity index is 974. The van der Waals surface area contributed by atoms with Crippen molar-refractivity contribution in [3.05, 3.63) is 39.2 Å². The molecule has 0 saturated carbocycles. The van der Waals surface area contributed by atoms with Crippen molar-refractivity contribution in [1.29, 1.82) is 0 Å². The molecule has 0 radical (unpaired) electrons. The highest BCUT2D eigenvalue weighted by Crippen LogP contribution is 2.33. The highest BCUT2D eigenvalue weighted by atomic mass is 32.2. The fraction of sp³-hybridized carbons (Fsp3) is 0.214. The molecule has 9 heteroatoms. The maximum Gasteiger partial charge on any atom is 0.282 e. The van der Waals surface area contributed by atoms with Gasteiger partial charge in [-0.15, -0.1) is 32.9 Å². The first-order chi connectivity index (χ1) is 11.2. The minimum absolute atomic E-state index is 0.482. The van der Waals surface area contributed by atoms with Gasteiger partial charge in [-0.2, -0.15) is 0 Å². The molecule has 4 heterocycles. The molecule has 0 N–H and O–H groups in total. The molecule has 116 valence electrons. The fourth-order valence-electron chi connectivity index (χ4n) is 2.11. The summed E-state index contributed by atoms with van der Waals surface area (Å²) in [4.78, 5) is 15.2. The first-order valence-corrected chi connectivity index (χ1v) is 9.31. The third-order valence-electron chi connectivity index (χ3n) is 3.05. The van der Waals surface area contributed by atoms with Gasteiger partial charge >= 0.3 is 0 Å². The van der Waals surface area contributed by atoms with E-state index in [2.05, 4.69) is 38.1 Å². The molecule has 23 heavy (non-hydrogen) atoms. The van der Waals surface area contributed by atoms with Crippen LogP contribution in [0.25, 0.3) is 10.2 Å². The van der Waals surface area contributed by atoms with Gasteiger partial charge in [0.05, 0.1) is 17.1 Å². The van der Waals surface area contributed by atoms with Crippen molar-refractivity contribution in [1.82, 2.24) is 25.1 Å². The zero-order chi connectivity index (χ0) is 15.8. The van der Waals surface area contributed by atoms with E-state index in [-0.39, 0.29) is 0 Å². The van der Waals surface area contributed by atoms with Crippen LogP contribution in [-0.4, -0.2) is 25.1 Å². The Morgan fingerprint density at radius 3 is 2.96 bits per heavy atom. The molecule has 0 atom stereocenters. The third-order valence-corrected chi connectivity index (χ3v) is 5.69. The van der Waals surface area contributed by atoms with Gasteiger partial charge in [-0.25, -0.2) is 15.0 Å². The lowest BCUT2D eigenvalue weighted by molar-refractivity contribution is 0.419. The van der Waals surface area contributed by atoms with Gasteiger partial charge in [0.2, 0.25) is 5.89 Å². The summed E-state index contributed by atoms with van der Waals surface area (Å²) in [5, 5.41) is 13.6. The van der Waals surface area contributed by atoms with Crippen LogP contribution in [0.4, 0.5) is 0 Å². The van der Waals surface area contributed by atoms with Crippen molar-refractivity contribution in [3.63, 3.8) is 0 Å². The summed E-state index contributed by atoms with van der Waals surface area (Å²) < 4.78 is 5.70. The van der Waals surface area contributed by atoms with E-state index in [1.807, 2.05) is 12.3 Å². The van der Waals surface area contributed by atoms with Crippen molar-refractivity contribution in [2.45, 2.75) is 30.5 Å². The molecule has 0 unspecified atom stereocenters. The molecule has 0 aliphatic carbocycles. The second-order valence-corrected chi connectivity index (χ2v) is 8.09. The van der Waals surface area contributed by atoms with Gasteiger partial charge in [0, 0.05) is 15.6 Å². The molecular weight excluding hydrogens is 350 g/mol. The number of thiazole rings is 1. The molecule has 0 aliphatic heterocycles. The van der Waals surface area contributed by atoms with Crippen LogP contribution in [0.1, 0.15) is 21.5 Å². The van der Waals surface area contributed by atoms with Crippen LogP contribution in [0.15, 0.2) is 32.4 Å². The van der Waals surface area contributed by atoms with E-state index >= 15 is 0 Å². The average molecular weight is 361 g/mol. The van der Waals surface area contributed by atoms with Gasteiger partial charge in [0.1, 0.15) is 16.2 Å². The molecule has 4 aromatic rings. The summed E-state index contributed by atoms with van der Waals surface area (Å²) in [6.45, 7) is 4.04. The van der Waals surface area contributed by atoms with Crippen molar-refractivity contribution in [2.75, 3.05) is 0 Å². The van der Waals surface area contributed by atoms with E-state index in [1.165, 1.54) is 16.6 Å². The summed E-state index contributed by atoms with van der Waals surface area (Å²) >= 11 is 4.63. The normalized spacial score (nSPS) is 11.4. The Hall–Kier alpha value is -1.84. The maximum absolute atomic E-state index is 5.70. The van der Waals surface area contributed by atoms with Crippen LogP contribution in [0.5, 0.6) is 0 Å². The Labute approximate surface area is 144 Å². The van der Waals surface area contributed by atoms with E-state index < -0.39 is 0 Å². The fourth-order valence-corrected chi connectivity index (χ4v) is 4.39. The van der Waals surface area contributed by atoms with E-state index in [4.69, 9.17) is 4.42 Å². The Morgan fingerprint density at radius 1 is 1.22 bits per heavy atom. The summed E-state index contributed by atoms with van der Waals surface area (Å²) in [6, 6.07) is 2.08. The molecule has 0 aliphatic rings. The number of hydrogen-bond acceptors (Lipinski definition) is 9. The molecule has 4 rings (SSSR count). The number of fused-ring (bicyclic) bond motifs is 1. The zero-order valence-corrected chi connectivity index (χ0v) is 14.8. The number of aromatic nitrogens is 5. The second kappa shape index (κ2) is 5.99. The van der Waals surface area contributed by atoms with Crippen LogP contribution < -0.4 is 0 Å². The molecule has 0 saturated heterocycles. The van der Waals surface area contributed by atoms with Gasteiger partial charge in [0.15, 0.2) is 0 Å². The van der Waals surface area contributed by atoms with Crippen LogP contribution >= 0.6 is 34.4 Å². The minimum atomic E-state index is 0.482. The summed E-state index contributed by atoms with van der Waals surface area (Å²) in [5.74, 6) is 0.560. The van der Waals surface area contributed by atoms with Crippen LogP contribution in [0, 0.1) is 13.8 Å². The first-order valence-electron chi connectivity index (χ1n) is 6.80. The number of hydrogen-bond donors (Lipinski definition) is 0. The predicted molar refractivity (Wildman–Crippen MR) is 90.2 cm³/mol. The number of aryl methyl sites for hydroxylation is 2.